The molecule has 3 heterocycles. The molecule has 2 amide bonds. The topological polar surface area (TPSA) is 48.8 Å². The first-order chi connectivity index (χ1) is 15.0. The molecule has 166 valence electrons. The Morgan fingerprint density at radius 1 is 0.871 bits per heavy atom. The lowest BCUT2D eigenvalue weighted by Gasteiger charge is -2.36. The van der Waals surface area contributed by atoms with Crippen molar-refractivity contribution in [2.75, 3.05) is 45.8 Å². The zero-order chi connectivity index (χ0) is 21.8. The second kappa shape index (κ2) is 10.1. The Balaban J connectivity index is 1.32. The Bertz CT molecular complexity index is 968. The number of amides is 2. The number of carbonyl (C=O) groups is 2. The van der Waals surface area contributed by atoms with E-state index in [-0.39, 0.29) is 18.4 Å². The molecule has 0 radical (unpaired) electrons. The van der Waals surface area contributed by atoms with Gasteiger partial charge in [0.05, 0.1) is 12.2 Å². The van der Waals surface area contributed by atoms with Crippen molar-refractivity contribution < 1.29 is 9.59 Å². The minimum atomic E-state index is 0.0878. The van der Waals surface area contributed by atoms with Crippen LogP contribution in [0, 0.1) is 10.9 Å². The summed E-state index contributed by atoms with van der Waals surface area (Å²) in [5.41, 5.74) is 3.28. The molecule has 2 aliphatic rings. The van der Waals surface area contributed by atoms with Crippen LogP contribution in [0.1, 0.15) is 24.8 Å². The number of benzene rings is 1. The van der Waals surface area contributed by atoms with E-state index in [0.717, 1.165) is 54.2 Å². The number of aromatic nitrogens is 1. The first-order valence-electron chi connectivity index (χ1n) is 11.0. The highest BCUT2D eigenvalue weighted by atomic mass is 32.1. The molecule has 0 aliphatic carbocycles. The number of likely N-dealkylation sites (tertiary alicyclic amines) is 1. The van der Waals surface area contributed by atoms with Gasteiger partial charge in [-0.15, -0.1) is 11.3 Å². The predicted octanol–water partition coefficient (Wildman–Crippen LogP) is 3.41. The van der Waals surface area contributed by atoms with Crippen molar-refractivity contribution in [3.8, 4) is 11.3 Å². The Morgan fingerprint density at radius 2 is 1.48 bits per heavy atom. The average Bonchev–Trinajstić information content (AvgIpc) is 3.15. The molecule has 0 bridgehead atoms. The van der Waals surface area contributed by atoms with E-state index in [1.807, 2.05) is 19.7 Å². The molecule has 0 atom stereocenters. The number of piperidine rings is 1. The maximum Gasteiger partial charge on any atom is 0.242 e. The summed E-state index contributed by atoms with van der Waals surface area (Å²) in [6.45, 7) is 7.37. The van der Waals surface area contributed by atoms with E-state index in [2.05, 4.69) is 36.1 Å². The third-order valence-electron chi connectivity index (χ3n) is 6.22. The molecule has 4 rings (SSSR count). The Labute approximate surface area is 193 Å². The number of piperazine rings is 1. The van der Waals surface area contributed by atoms with Gasteiger partial charge < -0.3 is 14.4 Å². The maximum atomic E-state index is 13.0. The number of carbonyl (C=O) groups excluding carboxylic acids is 2. The first kappa shape index (κ1) is 22.2. The molecule has 0 N–H and O–H groups in total. The zero-order valence-corrected chi connectivity index (χ0v) is 19.7. The summed E-state index contributed by atoms with van der Waals surface area (Å²) in [5.74, 6) is 0.316. The van der Waals surface area contributed by atoms with Gasteiger partial charge in [-0.05, 0) is 44.0 Å². The summed E-state index contributed by atoms with van der Waals surface area (Å²) in [7, 11) is 0. The minimum absolute atomic E-state index is 0.0878. The van der Waals surface area contributed by atoms with E-state index in [1.165, 1.54) is 23.3 Å². The average molecular weight is 459 g/mol. The molecule has 31 heavy (non-hydrogen) atoms. The second-order valence-corrected chi connectivity index (χ2v) is 9.94. The van der Waals surface area contributed by atoms with Gasteiger partial charge >= 0.3 is 0 Å². The molecule has 2 aliphatic heterocycles. The number of hydrogen-bond acceptors (Lipinski definition) is 5. The third-order valence-corrected chi connectivity index (χ3v) is 7.49. The summed E-state index contributed by atoms with van der Waals surface area (Å²) in [6.07, 6.45) is 3.46. The second-order valence-electron chi connectivity index (χ2n) is 8.44. The van der Waals surface area contributed by atoms with E-state index in [9.17, 15) is 9.59 Å². The summed E-state index contributed by atoms with van der Waals surface area (Å²) >= 11 is 7.00. The largest absolute Gasteiger partial charge is 0.342 e. The van der Waals surface area contributed by atoms with E-state index in [0.29, 0.717) is 19.6 Å². The Kier molecular flexibility index (Phi) is 7.20. The van der Waals surface area contributed by atoms with Crippen molar-refractivity contribution in [1.29, 1.82) is 0 Å². The van der Waals surface area contributed by atoms with Gasteiger partial charge in [0, 0.05) is 44.6 Å². The van der Waals surface area contributed by atoms with Gasteiger partial charge in [-0.2, -0.15) is 0 Å². The molecule has 2 aromatic rings. The van der Waals surface area contributed by atoms with Crippen LogP contribution in [-0.2, 0) is 16.1 Å². The molecule has 2 fully saturated rings. The molecular formula is C23H30N4O2S2. The van der Waals surface area contributed by atoms with Crippen molar-refractivity contribution in [2.45, 2.75) is 32.7 Å². The molecule has 0 saturated carbocycles. The van der Waals surface area contributed by atoms with Crippen LogP contribution in [0.5, 0.6) is 0 Å². The lowest BCUT2D eigenvalue weighted by Crippen LogP contribution is -2.52. The summed E-state index contributed by atoms with van der Waals surface area (Å²) < 4.78 is 2.66. The fourth-order valence-corrected chi connectivity index (χ4v) is 5.33. The number of aryl methyl sites for hydroxylation is 1. The highest BCUT2D eigenvalue weighted by Gasteiger charge is 2.25. The Hall–Kier alpha value is -2.03. The van der Waals surface area contributed by atoms with Crippen LogP contribution in [0.2, 0.25) is 0 Å². The monoisotopic (exact) mass is 458 g/mol. The van der Waals surface area contributed by atoms with Gasteiger partial charge in [-0.1, -0.05) is 29.8 Å². The van der Waals surface area contributed by atoms with Gasteiger partial charge in [-0.25, -0.2) is 0 Å². The van der Waals surface area contributed by atoms with Gasteiger partial charge in [0.25, 0.3) is 0 Å². The van der Waals surface area contributed by atoms with Crippen molar-refractivity contribution in [2.24, 2.45) is 0 Å². The van der Waals surface area contributed by atoms with Crippen LogP contribution in [0.3, 0.4) is 0 Å². The van der Waals surface area contributed by atoms with Crippen LogP contribution in [0.4, 0.5) is 0 Å². The lowest BCUT2D eigenvalue weighted by atomic mass is 10.1. The van der Waals surface area contributed by atoms with E-state index >= 15 is 0 Å². The molecule has 0 unspecified atom stereocenters. The van der Waals surface area contributed by atoms with Crippen LogP contribution >= 0.6 is 23.6 Å². The van der Waals surface area contributed by atoms with Crippen molar-refractivity contribution >= 4 is 35.4 Å². The SMILES string of the molecule is Cc1ccc(-c2csc(=S)n2CC(=O)N2CCN(CC(=O)N3CCCCC3)CC2)cc1. The van der Waals surface area contributed by atoms with Crippen LogP contribution in [0.15, 0.2) is 29.6 Å². The van der Waals surface area contributed by atoms with Gasteiger partial charge in [0.2, 0.25) is 11.8 Å². The lowest BCUT2D eigenvalue weighted by molar-refractivity contribution is -0.136. The highest BCUT2D eigenvalue weighted by Crippen LogP contribution is 2.24. The molecule has 1 aromatic heterocycles. The van der Waals surface area contributed by atoms with Gasteiger partial charge in [-0.3, -0.25) is 14.5 Å². The first-order valence-corrected chi connectivity index (χ1v) is 12.3. The fourth-order valence-electron chi connectivity index (χ4n) is 4.25. The maximum absolute atomic E-state index is 13.0. The summed E-state index contributed by atoms with van der Waals surface area (Å²) in [6, 6.07) is 8.30. The van der Waals surface area contributed by atoms with Gasteiger partial charge in [0.15, 0.2) is 3.95 Å². The number of hydrogen-bond donors (Lipinski definition) is 0. The summed E-state index contributed by atoms with van der Waals surface area (Å²) in [4.78, 5) is 31.6. The van der Waals surface area contributed by atoms with Crippen molar-refractivity contribution in [3.05, 3.63) is 39.2 Å². The molecule has 2 saturated heterocycles. The number of thiazole rings is 1. The van der Waals surface area contributed by atoms with Crippen LogP contribution in [0.25, 0.3) is 11.3 Å². The van der Waals surface area contributed by atoms with Gasteiger partial charge in [0.1, 0.15) is 6.54 Å². The third kappa shape index (κ3) is 5.42. The molecule has 8 heteroatoms. The van der Waals surface area contributed by atoms with Crippen LogP contribution < -0.4 is 0 Å². The zero-order valence-electron chi connectivity index (χ0n) is 18.1. The molecule has 6 nitrogen and oxygen atoms in total. The standard InChI is InChI=1S/C23H30N4O2S2/c1-18-5-7-19(8-6-18)20-17-31-23(30)27(20)16-22(29)26-13-11-24(12-14-26)15-21(28)25-9-3-2-4-10-25/h5-8,17H,2-4,9-16H2,1H3. The van der Waals surface area contributed by atoms with Crippen molar-refractivity contribution in [3.63, 3.8) is 0 Å². The molecule has 0 spiro atoms. The van der Waals surface area contributed by atoms with E-state index < -0.39 is 0 Å². The Morgan fingerprint density at radius 3 is 2.16 bits per heavy atom. The normalized spacial score (nSPS) is 17.7. The predicted molar refractivity (Wildman–Crippen MR) is 127 cm³/mol. The van der Waals surface area contributed by atoms with E-state index in [1.54, 1.807) is 0 Å². The summed E-state index contributed by atoms with van der Waals surface area (Å²) in [5, 5.41) is 2.03. The van der Waals surface area contributed by atoms with Crippen molar-refractivity contribution in [1.82, 2.24) is 19.3 Å². The molecule has 1 aromatic carbocycles. The van der Waals surface area contributed by atoms with Crippen LogP contribution in [-0.4, -0.2) is 76.9 Å². The number of rotatable bonds is 5. The van der Waals surface area contributed by atoms with E-state index in [4.69, 9.17) is 12.2 Å². The fraction of sp³-hybridized carbons (Fsp3) is 0.522. The quantitative estimate of drug-likeness (QED) is 0.645. The highest BCUT2D eigenvalue weighted by molar-refractivity contribution is 7.73. The molecular weight excluding hydrogens is 428 g/mol. The smallest absolute Gasteiger partial charge is 0.242 e. The number of nitrogens with zero attached hydrogens (tertiary/aromatic N) is 4. The minimum Gasteiger partial charge on any atom is -0.342 e.